The van der Waals surface area contributed by atoms with Gasteiger partial charge in [-0.05, 0) is 38.1 Å². The van der Waals surface area contributed by atoms with Crippen molar-refractivity contribution in [1.82, 2.24) is 20.1 Å². The van der Waals surface area contributed by atoms with Crippen LogP contribution < -0.4 is 15.1 Å². The molecule has 0 saturated carbocycles. The van der Waals surface area contributed by atoms with Gasteiger partial charge >= 0.3 is 0 Å². The number of carbonyl (C=O) groups excluding carboxylic acids is 1. The SMILES string of the molecule is CCN(CC)c1ccc(Nc2nncc(N3CCN(C(C)=O)CC3)n2)cc1. The zero-order valence-electron chi connectivity index (χ0n) is 16.2. The van der Waals surface area contributed by atoms with Crippen LogP contribution in [0.3, 0.4) is 0 Å². The molecular formula is C19H27N7O. The Morgan fingerprint density at radius 2 is 1.78 bits per heavy atom. The summed E-state index contributed by atoms with van der Waals surface area (Å²) in [6.07, 6.45) is 1.66. The zero-order chi connectivity index (χ0) is 19.2. The number of amides is 1. The minimum Gasteiger partial charge on any atom is -0.372 e. The molecule has 1 aliphatic heterocycles. The van der Waals surface area contributed by atoms with Crippen LogP contribution in [-0.2, 0) is 4.79 Å². The van der Waals surface area contributed by atoms with Crippen molar-refractivity contribution < 1.29 is 4.79 Å². The molecule has 144 valence electrons. The van der Waals surface area contributed by atoms with E-state index in [-0.39, 0.29) is 5.91 Å². The highest BCUT2D eigenvalue weighted by Crippen LogP contribution is 2.20. The van der Waals surface area contributed by atoms with E-state index in [1.165, 1.54) is 5.69 Å². The van der Waals surface area contributed by atoms with Gasteiger partial charge in [-0.25, -0.2) is 0 Å². The molecule has 0 bridgehead atoms. The van der Waals surface area contributed by atoms with Gasteiger partial charge in [0, 0.05) is 57.6 Å². The first-order valence-corrected chi connectivity index (χ1v) is 9.43. The van der Waals surface area contributed by atoms with E-state index in [0.717, 1.165) is 37.7 Å². The molecule has 1 aliphatic rings. The second kappa shape index (κ2) is 8.66. The molecule has 1 amide bonds. The van der Waals surface area contributed by atoms with Crippen LogP contribution >= 0.6 is 0 Å². The predicted octanol–water partition coefficient (Wildman–Crippen LogP) is 2.13. The summed E-state index contributed by atoms with van der Waals surface area (Å²) in [6.45, 7) is 10.8. The van der Waals surface area contributed by atoms with Crippen molar-refractivity contribution in [1.29, 1.82) is 0 Å². The molecule has 2 heterocycles. The standard InChI is InChI=1S/C19H27N7O/c1-4-24(5-2)17-8-6-16(7-9-17)21-19-22-18(14-20-23-19)26-12-10-25(11-13-26)15(3)27/h6-9,14H,4-5,10-13H2,1-3H3,(H,21,22,23). The molecular weight excluding hydrogens is 342 g/mol. The number of benzene rings is 1. The highest BCUT2D eigenvalue weighted by molar-refractivity contribution is 5.73. The summed E-state index contributed by atoms with van der Waals surface area (Å²) >= 11 is 0. The third-order valence-electron chi connectivity index (χ3n) is 4.85. The number of aromatic nitrogens is 3. The van der Waals surface area contributed by atoms with Crippen molar-refractivity contribution in [2.75, 3.05) is 54.4 Å². The van der Waals surface area contributed by atoms with Crippen molar-refractivity contribution in [2.45, 2.75) is 20.8 Å². The minimum atomic E-state index is 0.117. The monoisotopic (exact) mass is 369 g/mol. The van der Waals surface area contributed by atoms with Gasteiger partial charge in [0.2, 0.25) is 11.9 Å². The molecule has 8 nitrogen and oxygen atoms in total. The molecule has 27 heavy (non-hydrogen) atoms. The van der Waals surface area contributed by atoms with Gasteiger partial charge in [0.05, 0.1) is 6.20 Å². The highest BCUT2D eigenvalue weighted by atomic mass is 16.2. The van der Waals surface area contributed by atoms with Gasteiger partial charge in [0.25, 0.3) is 0 Å². The van der Waals surface area contributed by atoms with Crippen LogP contribution in [-0.4, -0.2) is 65.3 Å². The highest BCUT2D eigenvalue weighted by Gasteiger charge is 2.20. The molecule has 1 aromatic heterocycles. The third kappa shape index (κ3) is 4.64. The lowest BCUT2D eigenvalue weighted by Gasteiger charge is -2.34. The number of rotatable bonds is 6. The molecule has 1 aromatic carbocycles. The van der Waals surface area contributed by atoms with E-state index in [1.807, 2.05) is 17.0 Å². The molecule has 1 fully saturated rings. The molecule has 0 spiro atoms. The van der Waals surface area contributed by atoms with Gasteiger partial charge in [-0.2, -0.15) is 10.1 Å². The van der Waals surface area contributed by atoms with Crippen molar-refractivity contribution in [3.63, 3.8) is 0 Å². The maximum atomic E-state index is 11.5. The van der Waals surface area contributed by atoms with Crippen LogP contribution in [0.25, 0.3) is 0 Å². The van der Waals surface area contributed by atoms with Crippen LogP contribution in [0.1, 0.15) is 20.8 Å². The molecule has 0 aliphatic carbocycles. The van der Waals surface area contributed by atoms with Gasteiger partial charge in [-0.15, -0.1) is 5.10 Å². The summed E-state index contributed by atoms with van der Waals surface area (Å²) in [5.74, 6) is 1.36. The Bertz CT molecular complexity index is 753. The van der Waals surface area contributed by atoms with E-state index in [9.17, 15) is 4.79 Å². The number of hydrogen-bond donors (Lipinski definition) is 1. The van der Waals surface area contributed by atoms with E-state index in [0.29, 0.717) is 19.0 Å². The molecule has 2 aromatic rings. The molecule has 0 radical (unpaired) electrons. The van der Waals surface area contributed by atoms with Crippen LogP contribution in [0.5, 0.6) is 0 Å². The first-order valence-electron chi connectivity index (χ1n) is 9.43. The Morgan fingerprint density at radius 1 is 1.11 bits per heavy atom. The fourth-order valence-corrected chi connectivity index (χ4v) is 3.22. The smallest absolute Gasteiger partial charge is 0.249 e. The van der Waals surface area contributed by atoms with Crippen LogP contribution in [0.2, 0.25) is 0 Å². The summed E-state index contributed by atoms with van der Waals surface area (Å²) < 4.78 is 0. The van der Waals surface area contributed by atoms with E-state index in [1.54, 1.807) is 13.1 Å². The van der Waals surface area contributed by atoms with Gasteiger partial charge < -0.3 is 20.0 Å². The minimum absolute atomic E-state index is 0.117. The largest absolute Gasteiger partial charge is 0.372 e. The van der Waals surface area contributed by atoms with E-state index in [2.05, 4.69) is 56.3 Å². The first-order chi connectivity index (χ1) is 13.1. The summed E-state index contributed by atoms with van der Waals surface area (Å²) in [4.78, 5) is 22.3. The summed E-state index contributed by atoms with van der Waals surface area (Å²) in [5, 5.41) is 11.4. The molecule has 0 unspecified atom stereocenters. The maximum absolute atomic E-state index is 11.5. The Labute approximate surface area is 160 Å². The van der Waals surface area contributed by atoms with Crippen molar-refractivity contribution in [3.05, 3.63) is 30.5 Å². The molecule has 1 saturated heterocycles. The summed E-state index contributed by atoms with van der Waals surface area (Å²) in [5.41, 5.74) is 2.12. The quantitative estimate of drug-likeness (QED) is 0.836. The molecule has 1 N–H and O–H groups in total. The molecule has 3 rings (SSSR count). The lowest BCUT2D eigenvalue weighted by Crippen LogP contribution is -2.48. The first kappa shape index (κ1) is 18.9. The second-order valence-electron chi connectivity index (χ2n) is 6.48. The van der Waals surface area contributed by atoms with Crippen LogP contribution in [0, 0.1) is 0 Å². The lowest BCUT2D eigenvalue weighted by molar-refractivity contribution is -0.129. The van der Waals surface area contributed by atoms with Gasteiger partial charge in [0.1, 0.15) is 0 Å². The number of carbonyl (C=O) groups is 1. The second-order valence-corrected chi connectivity index (χ2v) is 6.48. The average Bonchev–Trinajstić information content (AvgIpc) is 2.70. The van der Waals surface area contributed by atoms with Crippen molar-refractivity contribution in [2.24, 2.45) is 0 Å². The predicted molar refractivity (Wildman–Crippen MR) is 108 cm³/mol. The zero-order valence-corrected chi connectivity index (χ0v) is 16.2. The molecule has 0 atom stereocenters. The average molecular weight is 369 g/mol. The summed E-state index contributed by atoms with van der Waals surface area (Å²) in [7, 11) is 0. The number of nitrogens with zero attached hydrogens (tertiary/aromatic N) is 6. The summed E-state index contributed by atoms with van der Waals surface area (Å²) in [6, 6.07) is 8.23. The number of nitrogens with one attached hydrogen (secondary N) is 1. The fourth-order valence-electron chi connectivity index (χ4n) is 3.22. The van der Waals surface area contributed by atoms with Crippen LogP contribution in [0.15, 0.2) is 30.5 Å². The topological polar surface area (TPSA) is 77.5 Å². The Hall–Kier alpha value is -2.90. The van der Waals surface area contributed by atoms with Gasteiger partial charge in [0.15, 0.2) is 5.82 Å². The third-order valence-corrected chi connectivity index (χ3v) is 4.85. The number of hydrogen-bond acceptors (Lipinski definition) is 7. The Balaban J connectivity index is 1.65. The van der Waals surface area contributed by atoms with E-state index in [4.69, 9.17) is 0 Å². The Kier molecular flexibility index (Phi) is 6.05. The molecule has 8 heteroatoms. The van der Waals surface area contributed by atoms with E-state index >= 15 is 0 Å². The van der Waals surface area contributed by atoms with Crippen LogP contribution in [0.4, 0.5) is 23.1 Å². The number of anilines is 4. The van der Waals surface area contributed by atoms with Gasteiger partial charge in [-0.3, -0.25) is 4.79 Å². The van der Waals surface area contributed by atoms with Crippen molar-refractivity contribution >= 4 is 29.0 Å². The normalized spacial score (nSPS) is 14.2. The van der Waals surface area contributed by atoms with E-state index < -0.39 is 0 Å². The Morgan fingerprint density at radius 3 is 2.37 bits per heavy atom. The van der Waals surface area contributed by atoms with Crippen molar-refractivity contribution in [3.8, 4) is 0 Å². The fraction of sp³-hybridized carbons (Fsp3) is 0.474. The number of piperazine rings is 1. The van der Waals surface area contributed by atoms with Gasteiger partial charge in [-0.1, -0.05) is 0 Å². The lowest BCUT2D eigenvalue weighted by atomic mass is 10.2. The maximum Gasteiger partial charge on any atom is 0.249 e.